The van der Waals surface area contributed by atoms with Gasteiger partial charge in [-0.25, -0.2) is 8.93 Å². The minimum Gasteiger partial charge on any atom is -0.317 e. The fourth-order valence-electron chi connectivity index (χ4n) is 3.70. The first kappa shape index (κ1) is 16.1. The number of hydrogen-bond donors (Lipinski definition) is 2. The van der Waals surface area contributed by atoms with Crippen LogP contribution in [0.25, 0.3) is 0 Å². The molecule has 0 saturated carbocycles. The van der Waals surface area contributed by atoms with Gasteiger partial charge in [0.25, 0.3) is 0 Å². The zero-order valence-electron chi connectivity index (χ0n) is 14.0. The van der Waals surface area contributed by atoms with E-state index in [1.807, 2.05) is 33.9 Å². The monoisotopic (exact) mass is 321 g/mol. The van der Waals surface area contributed by atoms with Crippen LogP contribution in [0.1, 0.15) is 56.5 Å². The third-order valence-electron chi connectivity index (χ3n) is 5.01. The Balaban J connectivity index is 1.97. The molecule has 3 rings (SSSR count). The standard InChI is InChI=1S/C17H27N3OS/c1-12-9-14-13(11-19-12)10-17(5-7-18-8-6-17)15(14)20-22(21)16(2,3)4/h9,11,15,18,20H,5-8,10H2,1-4H3/t15-,22-/m1/s1. The Kier molecular flexibility index (Phi) is 4.16. The molecule has 1 aliphatic carbocycles. The van der Waals surface area contributed by atoms with Gasteiger partial charge in [0.05, 0.1) is 21.8 Å². The van der Waals surface area contributed by atoms with Crippen LogP contribution in [0.4, 0.5) is 0 Å². The van der Waals surface area contributed by atoms with Gasteiger partial charge >= 0.3 is 0 Å². The third-order valence-corrected chi connectivity index (χ3v) is 6.57. The van der Waals surface area contributed by atoms with Crippen LogP contribution in [-0.4, -0.2) is 27.0 Å². The van der Waals surface area contributed by atoms with Gasteiger partial charge < -0.3 is 5.32 Å². The van der Waals surface area contributed by atoms with Crippen LogP contribution in [0.5, 0.6) is 0 Å². The van der Waals surface area contributed by atoms with E-state index < -0.39 is 11.0 Å². The minimum absolute atomic E-state index is 0.173. The van der Waals surface area contributed by atoms with E-state index in [9.17, 15) is 4.21 Å². The topological polar surface area (TPSA) is 54.0 Å². The Labute approximate surface area is 136 Å². The molecule has 0 bridgehead atoms. The largest absolute Gasteiger partial charge is 0.317 e. The molecule has 2 N–H and O–H groups in total. The van der Waals surface area contributed by atoms with Crippen molar-refractivity contribution >= 4 is 11.0 Å². The second-order valence-corrected chi connectivity index (χ2v) is 9.74. The van der Waals surface area contributed by atoms with Gasteiger partial charge in [-0.3, -0.25) is 4.98 Å². The smallest absolute Gasteiger partial charge is 0.0976 e. The van der Waals surface area contributed by atoms with E-state index in [4.69, 9.17) is 0 Å². The quantitative estimate of drug-likeness (QED) is 0.879. The molecule has 2 aliphatic rings. The predicted octanol–water partition coefficient (Wildman–Crippen LogP) is 2.41. The van der Waals surface area contributed by atoms with E-state index >= 15 is 0 Å². The molecule has 4 nitrogen and oxygen atoms in total. The first-order valence-electron chi connectivity index (χ1n) is 8.16. The summed E-state index contributed by atoms with van der Waals surface area (Å²) >= 11 is 0. The van der Waals surface area contributed by atoms with E-state index in [0.717, 1.165) is 38.0 Å². The van der Waals surface area contributed by atoms with Crippen molar-refractivity contribution in [3.8, 4) is 0 Å². The lowest BCUT2D eigenvalue weighted by Crippen LogP contribution is -2.46. The molecule has 0 amide bonds. The summed E-state index contributed by atoms with van der Waals surface area (Å²) in [5.74, 6) is 0. The third kappa shape index (κ3) is 2.86. The highest BCUT2D eigenvalue weighted by Crippen LogP contribution is 2.51. The molecule has 0 radical (unpaired) electrons. The maximum atomic E-state index is 12.7. The van der Waals surface area contributed by atoms with E-state index in [2.05, 4.69) is 21.1 Å². The molecule has 1 fully saturated rings. The lowest BCUT2D eigenvalue weighted by molar-refractivity contribution is 0.164. The number of nitrogens with zero attached hydrogens (tertiary/aromatic N) is 1. The molecule has 1 aromatic heterocycles. The average Bonchev–Trinajstić information content (AvgIpc) is 2.72. The first-order valence-corrected chi connectivity index (χ1v) is 9.31. The molecule has 1 saturated heterocycles. The van der Waals surface area contributed by atoms with Gasteiger partial charge in [0.15, 0.2) is 0 Å². The summed E-state index contributed by atoms with van der Waals surface area (Å²) in [6, 6.07) is 2.36. The Hall–Kier alpha value is -0.780. The Morgan fingerprint density at radius 1 is 1.36 bits per heavy atom. The van der Waals surface area contributed by atoms with E-state index in [-0.39, 0.29) is 16.2 Å². The number of hydrogen-bond acceptors (Lipinski definition) is 3. The second kappa shape index (κ2) is 5.69. The summed E-state index contributed by atoms with van der Waals surface area (Å²) in [7, 11) is -1.06. The van der Waals surface area contributed by atoms with Crippen LogP contribution < -0.4 is 10.0 Å². The Bertz CT molecular complexity index is 588. The summed E-state index contributed by atoms with van der Waals surface area (Å²) in [5, 5.41) is 3.46. The molecular weight excluding hydrogens is 294 g/mol. The zero-order chi connectivity index (χ0) is 16.0. The van der Waals surface area contributed by atoms with Gasteiger partial charge in [0, 0.05) is 11.9 Å². The van der Waals surface area contributed by atoms with Gasteiger partial charge in [-0.05, 0) is 82.7 Å². The number of pyridine rings is 1. The highest BCUT2D eigenvalue weighted by atomic mass is 32.2. The molecular formula is C17H27N3OS. The fraction of sp³-hybridized carbons (Fsp3) is 0.706. The van der Waals surface area contributed by atoms with Gasteiger partial charge in [0.2, 0.25) is 0 Å². The van der Waals surface area contributed by atoms with Crippen LogP contribution >= 0.6 is 0 Å². The van der Waals surface area contributed by atoms with Crippen molar-refractivity contribution in [2.24, 2.45) is 5.41 Å². The summed E-state index contributed by atoms with van der Waals surface area (Å²) < 4.78 is 15.9. The number of piperidine rings is 1. The van der Waals surface area contributed by atoms with Crippen LogP contribution in [0.3, 0.4) is 0 Å². The number of fused-ring (bicyclic) bond motifs is 1. The van der Waals surface area contributed by atoms with Crippen molar-refractivity contribution in [2.45, 2.75) is 57.7 Å². The van der Waals surface area contributed by atoms with Crippen molar-refractivity contribution in [3.05, 3.63) is 29.1 Å². The first-order chi connectivity index (χ1) is 10.3. The van der Waals surface area contributed by atoms with Gasteiger partial charge in [-0.1, -0.05) is 0 Å². The van der Waals surface area contributed by atoms with Gasteiger partial charge in [-0.15, -0.1) is 0 Å². The summed E-state index contributed by atoms with van der Waals surface area (Å²) in [4.78, 5) is 4.47. The van der Waals surface area contributed by atoms with Crippen LogP contribution in [-0.2, 0) is 17.4 Å². The van der Waals surface area contributed by atoms with Gasteiger partial charge in [-0.2, -0.15) is 0 Å². The zero-order valence-corrected chi connectivity index (χ0v) is 14.8. The van der Waals surface area contributed by atoms with Crippen LogP contribution in [0.15, 0.2) is 12.3 Å². The summed E-state index contributed by atoms with van der Waals surface area (Å²) in [5.41, 5.74) is 3.87. The Morgan fingerprint density at radius 2 is 2.05 bits per heavy atom. The highest BCUT2D eigenvalue weighted by Gasteiger charge is 2.47. The highest BCUT2D eigenvalue weighted by molar-refractivity contribution is 7.84. The second-order valence-electron chi connectivity index (χ2n) is 7.75. The summed E-state index contributed by atoms with van der Waals surface area (Å²) in [6.07, 6.45) is 5.33. The molecule has 2 heterocycles. The lowest BCUT2D eigenvalue weighted by Gasteiger charge is -2.40. The van der Waals surface area contributed by atoms with E-state index in [0.29, 0.717) is 0 Å². The normalized spacial score (nSPS) is 25.2. The molecule has 0 unspecified atom stereocenters. The lowest BCUT2D eigenvalue weighted by atomic mass is 9.73. The molecule has 1 spiro atoms. The van der Waals surface area contributed by atoms with Gasteiger partial charge in [0.1, 0.15) is 0 Å². The van der Waals surface area contributed by atoms with Crippen molar-refractivity contribution in [1.82, 2.24) is 15.0 Å². The van der Waals surface area contributed by atoms with E-state index in [1.54, 1.807) is 0 Å². The average molecular weight is 321 g/mol. The SMILES string of the molecule is Cc1cc2c(cn1)CC1(CCNCC1)[C@@H]2N[S@](=O)C(C)(C)C. The van der Waals surface area contributed by atoms with Crippen molar-refractivity contribution < 1.29 is 4.21 Å². The summed E-state index contributed by atoms with van der Waals surface area (Å²) in [6.45, 7) is 10.2. The predicted molar refractivity (Wildman–Crippen MR) is 91.0 cm³/mol. The molecule has 1 aromatic rings. The van der Waals surface area contributed by atoms with Crippen molar-refractivity contribution in [2.75, 3.05) is 13.1 Å². The van der Waals surface area contributed by atoms with Crippen LogP contribution in [0, 0.1) is 12.3 Å². The maximum absolute atomic E-state index is 12.7. The minimum atomic E-state index is -1.06. The number of aryl methyl sites for hydroxylation is 1. The Morgan fingerprint density at radius 3 is 2.68 bits per heavy atom. The molecule has 122 valence electrons. The maximum Gasteiger partial charge on any atom is 0.0976 e. The van der Waals surface area contributed by atoms with Crippen molar-refractivity contribution in [1.29, 1.82) is 0 Å². The van der Waals surface area contributed by atoms with Crippen molar-refractivity contribution in [3.63, 3.8) is 0 Å². The number of aromatic nitrogens is 1. The number of rotatable bonds is 2. The fourth-order valence-corrected chi connectivity index (χ4v) is 4.64. The molecule has 1 aliphatic heterocycles. The van der Waals surface area contributed by atoms with Crippen LogP contribution in [0.2, 0.25) is 0 Å². The number of nitrogens with one attached hydrogen (secondary N) is 2. The molecule has 2 atom stereocenters. The molecule has 0 aromatic carbocycles. The molecule has 22 heavy (non-hydrogen) atoms. The van der Waals surface area contributed by atoms with E-state index in [1.165, 1.54) is 11.1 Å². The molecule has 5 heteroatoms.